The first-order valence-corrected chi connectivity index (χ1v) is 5.49. The average molecular weight is 322 g/mol. The van der Waals surface area contributed by atoms with Gasteiger partial charge in [0.25, 0.3) is 0 Å². The van der Waals surface area contributed by atoms with Crippen molar-refractivity contribution in [3.05, 3.63) is 0 Å². The fraction of sp³-hybridized carbons (Fsp3) is 0.875. The number of carbonyl (C=O) groups excluding carboxylic acids is 1. The number of halogens is 9. The molecule has 0 saturated heterocycles. The first kappa shape index (κ1) is 18.4. The Balaban J connectivity index is 5.11. The van der Waals surface area contributed by atoms with Crippen LogP contribution in [-0.4, -0.2) is 34.8 Å². The molecule has 0 aromatic carbocycles. The van der Waals surface area contributed by atoms with Crippen LogP contribution in [0.25, 0.3) is 0 Å². The Morgan fingerprint density at radius 1 is 0.895 bits per heavy atom. The molecule has 0 rings (SSSR count). The van der Waals surface area contributed by atoms with E-state index in [4.69, 9.17) is 0 Å². The van der Waals surface area contributed by atoms with Gasteiger partial charge in [-0.1, -0.05) is 11.8 Å². The Hall–Kier alpha value is -0.610. The molecule has 0 fully saturated rings. The van der Waals surface area contributed by atoms with Crippen molar-refractivity contribution in [1.29, 1.82) is 0 Å². The first-order chi connectivity index (χ1) is 8.17. The summed E-state index contributed by atoms with van der Waals surface area (Å²) in [5.74, 6) is -20.1. The van der Waals surface area contributed by atoms with Crippen molar-refractivity contribution in [2.24, 2.45) is 0 Å². The highest BCUT2D eigenvalue weighted by Crippen LogP contribution is 2.54. The van der Waals surface area contributed by atoms with Crippen molar-refractivity contribution >= 4 is 16.9 Å². The number of hydrogen-bond acceptors (Lipinski definition) is 2. The highest BCUT2D eigenvalue weighted by Gasteiger charge is 2.81. The number of thioether (sulfide) groups is 1. The van der Waals surface area contributed by atoms with Gasteiger partial charge >= 0.3 is 23.9 Å². The van der Waals surface area contributed by atoms with E-state index in [1.165, 1.54) is 0 Å². The van der Waals surface area contributed by atoms with Gasteiger partial charge in [0, 0.05) is 19.1 Å². The zero-order chi connectivity index (χ0) is 15.7. The summed E-state index contributed by atoms with van der Waals surface area (Å²) in [5.41, 5.74) is 0. The van der Waals surface area contributed by atoms with Gasteiger partial charge in [-0.2, -0.15) is 39.5 Å². The highest BCUT2D eigenvalue weighted by molar-refractivity contribution is 8.13. The highest BCUT2D eigenvalue weighted by atomic mass is 32.2. The molecular formula is C8H7F9OS. The molecule has 0 aliphatic rings. The van der Waals surface area contributed by atoms with Crippen LogP contribution in [-0.2, 0) is 4.79 Å². The van der Waals surface area contributed by atoms with E-state index in [1.807, 2.05) is 0 Å². The molecule has 0 aromatic heterocycles. The SMILES string of the molecule is CC(=O)SCCC(F)(F)C(F)(F)C(F)(F)C(F)(F)F. The molecule has 1 nitrogen and oxygen atoms in total. The third kappa shape index (κ3) is 3.69. The summed E-state index contributed by atoms with van der Waals surface area (Å²) in [7, 11) is 0. The predicted molar refractivity (Wildman–Crippen MR) is 48.7 cm³/mol. The van der Waals surface area contributed by atoms with Crippen molar-refractivity contribution < 1.29 is 44.3 Å². The maximum atomic E-state index is 12.8. The van der Waals surface area contributed by atoms with Crippen LogP contribution in [0.4, 0.5) is 39.5 Å². The molecule has 0 aliphatic carbocycles. The van der Waals surface area contributed by atoms with E-state index >= 15 is 0 Å². The van der Waals surface area contributed by atoms with E-state index in [1.54, 1.807) is 0 Å². The van der Waals surface area contributed by atoms with Crippen molar-refractivity contribution in [1.82, 2.24) is 0 Å². The van der Waals surface area contributed by atoms with Gasteiger partial charge in [0.05, 0.1) is 0 Å². The third-order valence-electron chi connectivity index (χ3n) is 1.93. The summed E-state index contributed by atoms with van der Waals surface area (Å²) < 4.78 is 111. The van der Waals surface area contributed by atoms with Gasteiger partial charge in [0.1, 0.15) is 0 Å². The summed E-state index contributed by atoms with van der Waals surface area (Å²) in [4.78, 5) is 10.3. The second-order valence-electron chi connectivity index (χ2n) is 3.44. The van der Waals surface area contributed by atoms with Crippen LogP contribution in [0, 0.1) is 0 Å². The van der Waals surface area contributed by atoms with E-state index in [9.17, 15) is 44.3 Å². The number of hydrogen-bond donors (Lipinski definition) is 0. The largest absolute Gasteiger partial charge is 0.460 e. The van der Waals surface area contributed by atoms with Crippen LogP contribution < -0.4 is 0 Å². The lowest BCUT2D eigenvalue weighted by atomic mass is 10.0. The molecule has 0 amide bonds. The Labute approximate surface area is 105 Å². The Kier molecular flexibility index (Phi) is 5.23. The Morgan fingerprint density at radius 3 is 1.63 bits per heavy atom. The molecule has 0 spiro atoms. The molecule has 0 aliphatic heterocycles. The molecule has 19 heavy (non-hydrogen) atoms. The van der Waals surface area contributed by atoms with Gasteiger partial charge in [0.2, 0.25) is 0 Å². The van der Waals surface area contributed by atoms with Gasteiger partial charge in [-0.3, -0.25) is 4.79 Å². The lowest BCUT2D eigenvalue weighted by Gasteiger charge is -2.33. The number of rotatable bonds is 5. The van der Waals surface area contributed by atoms with Crippen LogP contribution in [0.15, 0.2) is 0 Å². The predicted octanol–water partition coefficient (Wildman–Crippen LogP) is 4.12. The van der Waals surface area contributed by atoms with Crippen LogP contribution >= 0.6 is 11.8 Å². The van der Waals surface area contributed by atoms with Crippen molar-refractivity contribution in [3.63, 3.8) is 0 Å². The van der Waals surface area contributed by atoms with Crippen LogP contribution in [0.3, 0.4) is 0 Å². The Bertz CT molecular complexity index is 336. The summed E-state index contributed by atoms with van der Waals surface area (Å²) in [6, 6.07) is 0. The second kappa shape index (κ2) is 5.41. The topological polar surface area (TPSA) is 17.1 Å². The smallest absolute Gasteiger partial charge is 0.288 e. The minimum Gasteiger partial charge on any atom is -0.288 e. The Morgan fingerprint density at radius 2 is 1.32 bits per heavy atom. The van der Waals surface area contributed by atoms with Gasteiger partial charge in [0.15, 0.2) is 5.12 Å². The van der Waals surface area contributed by atoms with Gasteiger partial charge in [-0.15, -0.1) is 0 Å². The molecule has 0 aromatic rings. The summed E-state index contributed by atoms with van der Waals surface area (Å²) in [5, 5.41) is -0.762. The molecule has 0 unspecified atom stereocenters. The molecule has 114 valence electrons. The maximum absolute atomic E-state index is 12.8. The summed E-state index contributed by atoms with van der Waals surface area (Å²) in [6.45, 7) is 0.894. The normalized spacial score (nSPS) is 14.6. The minimum atomic E-state index is -6.87. The van der Waals surface area contributed by atoms with Crippen molar-refractivity contribution in [3.8, 4) is 0 Å². The molecular weight excluding hydrogens is 315 g/mol. The lowest BCUT2D eigenvalue weighted by Crippen LogP contribution is -2.60. The standard InChI is InChI=1S/C8H7F9OS/c1-4(18)19-3-2-5(9,10)6(11,12)7(13,14)8(15,16)17/h2-3H2,1H3. The van der Waals surface area contributed by atoms with E-state index in [0.717, 1.165) is 6.92 Å². The minimum absolute atomic E-state index is 0.114. The molecule has 0 radical (unpaired) electrons. The summed E-state index contributed by atoms with van der Waals surface area (Å²) in [6.07, 6.45) is -8.80. The molecule has 0 bridgehead atoms. The van der Waals surface area contributed by atoms with E-state index in [2.05, 4.69) is 0 Å². The monoisotopic (exact) mass is 322 g/mol. The second-order valence-corrected chi connectivity index (χ2v) is 4.71. The van der Waals surface area contributed by atoms with E-state index in [-0.39, 0.29) is 11.8 Å². The molecule has 0 saturated carbocycles. The van der Waals surface area contributed by atoms with E-state index in [0.29, 0.717) is 0 Å². The molecule has 0 atom stereocenters. The zero-order valence-corrected chi connectivity index (χ0v) is 9.95. The number of carbonyl (C=O) groups is 1. The van der Waals surface area contributed by atoms with Gasteiger partial charge in [-0.25, -0.2) is 0 Å². The third-order valence-corrected chi connectivity index (χ3v) is 2.75. The van der Waals surface area contributed by atoms with Gasteiger partial charge in [-0.05, 0) is 0 Å². The fourth-order valence-electron chi connectivity index (χ4n) is 0.888. The quantitative estimate of drug-likeness (QED) is 0.708. The van der Waals surface area contributed by atoms with Crippen LogP contribution in [0.1, 0.15) is 13.3 Å². The number of alkyl halides is 9. The van der Waals surface area contributed by atoms with E-state index < -0.39 is 41.2 Å². The van der Waals surface area contributed by atoms with Crippen LogP contribution in [0.2, 0.25) is 0 Å². The molecule has 0 heterocycles. The van der Waals surface area contributed by atoms with Gasteiger partial charge < -0.3 is 0 Å². The van der Waals surface area contributed by atoms with Crippen molar-refractivity contribution in [2.75, 3.05) is 5.75 Å². The van der Waals surface area contributed by atoms with Crippen LogP contribution in [0.5, 0.6) is 0 Å². The maximum Gasteiger partial charge on any atom is 0.460 e. The molecule has 11 heteroatoms. The lowest BCUT2D eigenvalue weighted by molar-refractivity contribution is -0.396. The van der Waals surface area contributed by atoms with Crippen molar-refractivity contribution in [2.45, 2.75) is 37.3 Å². The average Bonchev–Trinajstić information content (AvgIpc) is 2.14. The first-order valence-electron chi connectivity index (χ1n) is 4.50. The zero-order valence-electron chi connectivity index (χ0n) is 9.13. The summed E-state index contributed by atoms with van der Waals surface area (Å²) >= 11 is 0.114. The molecule has 0 N–H and O–H groups in total. The fourth-order valence-corrected chi connectivity index (χ4v) is 1.53.